The molecule has 3 rings (SSSR count). The molecular formula is C29H37F2N5O5. The van der Waals surface area contributed by atoms with Gasteiger partial charge in [0.15, 0.2) is 5.69 Å². The molecule has 0 spiro atoms. The van der Waals surface area contributed by atoms with Gasteiger partial charge >= 0.3 is 6.09 Å². The molecule has 12 heteroatoms. The molecule has 0 bridgehead atoms. The van der Waals surface area contributed by atoms with Gasteiger partial charge in [-0.2, -0.15) is 13.9 Å². The smallest absolute Gasteiger partial charge is 0.413 e. The van der Waals surface area contributed by atoms with E-state index in [9.17, 15) is 23.2 Å². The standard InChI is InChI=1S/C29H37F2N5O5/c1-16(2)36-25(33-26(39)40-28(6,7)8)22(24(32)38)23(34-36)18-11-9-17(10-12-18)13-19(37)14-20-15-21(35-41-20)29(30,31)27(3,4)5/h9-12,15-16H,13-14H2,1-8H3,(H2,32,38)(H,33,39). The summed E-state index contributed by atoms with van der Waals surface area (Å²) >= 11 is 0. The molecule has 0 fully saturated rings. The number of ether oxygens (including phenoxy) is 1. The van der Waals surface area contributed by atoms with E-state index in [-0.39, 0.29) is 47.5 Å². The predicted octanol–water partition coefficient (Wildman–Crippen LogP) is 6.06. The van der Waals surface area contributed by atoms with Gasteiger partial charge in [0.05, 0.1) is 6.42 Å². The van der Waals surface area contributed by atoms with Crippen LogP contribution in [0.25, 0.3) is 11.3 Å². The summed E-state index contributed by atoms with van der Waals surface area (Å²) in [5, 5.41) is 10.6. The Hall–Kier alpha value is -4.09. The number of carbonyl (C=O) groups is 3. The zero-order valence-electron chi connectivity index (χ0n) is 24.6. The Morgan fingerprint density at radius 1 is 1.05 bits per heavy atom. The molecule has 3 N–H and O–H groups in total. The number of amides is 2. The second kappa shape index (κ2) is 11.4. The van der Waals surface area contributed by atoms with E-state index in [1.165, 1.54) is 25.5 Å². The van der Waals surface area contributed by atoms with Crippen LogP contribution < -0.4 is 11.1 Å². The van der Waals surface area contributed by atoms with Crippen LogP contribution in [0.15, 0.2) is 34.9 Å². The molecule has 3 aromatic rings. The molecule has 0 radical (unpaired) electrons. The van der Waals surface area contributed by atoms with Crippen LogP contribution in [0.4, 0.5) is 19.4 Å². The number of anilines is 1. The Morgan fingerprint density at radius 3 is 2.17 bits per heavy atom. The normalized spacial score (nSPS) is 12.5. The third-order valence-electron chi connectivity index (χ3n) is 6.09. The van der Waals surface area contributed by atoms with Crippen molar-refractivity contribution in [1.29, 1.82) is 0 Å². The van der Waals surface area contributed by atoms with E-state index in [0.29, 0.717) is 11.1 Å². The minimum atomic E-state index is -3.22. The summed E-state index contributed by atoms with van der Waals surface area (Å²) in [6, 6.07) is 7.61. The Balaban J connectivity index is 1.81. The number of nitrogens with one attached hydrogen (secondary N) is 1. The lowest BCUT2D eigenvalue weighted by molar-refractivity contribution is -0.118. The van der Waals surface area contributed by atoms with Gasteiger partial charge in [0.2, 0.25) is 0 Å². The van der Waals surface area contributed by atoms with E-state index in [0.717, 1.165) is 6.07 Å². The Morgan fingerprint density at radius 2 is 1.66 bits per heavy atom. The lowest BCUT2D eigenvalue weighted by Crippen LogP contribution is -2.31. The number of rotatable bonds is 9. The van der Waals surface area contributed by atoms with Crippen LogP contribution in [0.2, 0.25) is 0 Å². The van der Waals surface area contributed by atoms with Crippen molar-refractivity contribution in [2.45, 2.75) is 85.8 Å². The summed E-state index contributed by atoms with van der Waals surface area (Å²) in [6.07, 6.45) is -0.942. The molecule has 222 valence electrons. The molecule has 0 atom stereocenters. The van der Waals surface area contributed by atoms with Gasteiger partial charge in [-0.15, -0.1) is 0 Å². The van der Waals surface area contributed by atoms with Crippen LogP contribution in [0.5, 0.6) is 0 Å². The van der Waals surface area contributed by atoms with Gasteiger partial charge in [-0.05, 0) is 40.2 Å². The maximum atomic E-state index is 14.5. The third-order valence-corrected chi connectivity index (χ3v) is 6.09. The number of halogens is 2. The van der Waals surface area contributed by atoms with Gasteiger partial charge in [-0.1, -0.05) is 50.2 Å². The van der Waals surface area contributed by atoms with Gasteiger partial charge in [0.25, 0.3) is 11.8 Å². The van der Waals surface area contributed by atoms with Gasteiger partial charge in [-0.25, -0.2) is 9.48 Å². The summed E-state index contributed by atoms with van der Waals surface area (Å²) in [5.74, 6) is -4.10. The van der Waals surface area contributed by atoms with E-state index in [2.05, 4.69) is 15.6 Å². The third kappa shape index (κ3) is 7.36. The number of alkyl halides is 2. The molecule has 0 saturated carbocycles. The Labute approximate surface area is 237 Å². The van der Waals surface area contributed by atoms with Crippen molar-refractivity contribution in [3.63, 3.8) is 0 Å². The maximum absolute atomic E-state index is 14.5. The number of nitrogens with two attached hydrogens (primary N) is 1. The Kier molecular flexibility index (Phi) is 8.76. The predicted molar refractivity (Wildman–Crippen MR) is 149 cm³/mol. The van der Waals surface area contributed by atoms with Crippen molar-refractivity contribution in [2.24, 2.45) is 11.1 Å². The van der Waals surface area contributed by atoms with E-state index in [1.54, 1.807) is 45.0 Å². The number of nitrogens with zero attached hydrogens (tertiary/aromatic N) is 3. The van der Waals surface area contributed by atoms with Crippen molar-refractivity contribution in [3.05, 3.63) is 52.9 Å². The first-order valence-electron chi connectivity index (χ1n) is 13.2. The molecule has 10 nitrogen and oxygen atoms in total. The highest BCUT2D eigenvalue weighted by Gasteiger charge is 2.47. The molecular weight excluding hydrogens is 536 g/mol. The van der Waals surface area contributed by atoms with Gasteiger partial charge in [0.1, 0.15) is 34.2 Å². The number of primary amides is 1. The molecule has 0 aliphatic rings. The van der Waals surface area contributed by atoms with E-state index in [1.807, 2.05) is 13.8 Å². The van der Waals surface area contributed by atoms with Crippen LogP contribution in [0.1, 0.15) is 88.8 Å². The van der Waals surface area contributed by atoms with E-state index >= 15 is 0 Å². The fraction of sp³-hybridized carbons (Fsp3) is 0.483. The molecule has 2 amide bonds. The Bertz CT molecular complexity index is 1430. The number of ketones is 1. The quantitative estimate of drug-likeness (QED) is 0.317. The van der Waals surface area contributed by atoms with Crippen LogP contribution in [-0.2, 0) is 28.3 Å². The lowest BCUT2D eigenvalue weighted by atomic mass is 9.86. The zero-order chi connectivity index (χ0) is 30.9. The molecule has 0 saturated heterocycles. The lowest BCUT2D eigenvalue weighted by Gasteiger charge is -2.28. The number of benzene rings is 1. The highest BCUT2D eigenvalue weighted by Crippen LogP contribution is 2.44. The zero-order valence-corrected chi connectivity index (χ0v) is 24.6. The number of Topliss-reactive ketones (excluding diaryl/α,β-unsaturated/α-hetero) is 1. The molecule has 1 aromatic carbocycles. The first kappa shape index (κ1) is 31.4. The van der Waals surface area contributed by atoms with Crippen molar-refractivity contribution in [3.8, 4) is 11.3 Å². The van der Waals surface area contributed by atoms with Gasteiger partial charge in [0, 0.05) is 29.5 Å². The fourth-order valence-corrected chi connectivity index (χ4v) is 3.96. The van der Waals surface area contributed by atoms with Crippen LogP contribution in [0.3, 0.4) is 0 Å². The summed E-state index contributed by atoms with van der Waals surface area (Å²) in [7, 11) is 0. The maximum Gasteiger partial charge on any atom is 0.413 e. The van der Waals surface area contributed by atoms with Gasteiger partial charge in [-0.3, -0.25) is 14.9 Å². The van der Waals surface area contributed by atoms with Crippen molar-refractivity contribution < 1.29 is 32.4 Å². The summed E-state index contributed by atoms with van der Waals surface area (Å²) < 4.78 is 40.9. The first-order valence-corrected chi connectivity index (χ1v) is 13.2. The van der Waals surface area contributed by atoms with Gasteiger partial charge < -0.3 is 15.0 Å². The molecule has 0 aliphatic carbocycles. The highest BCUT2D eigenvalue weighted by atomic mass is 19.3. The summed E-state index contributed by atoms with van der Waals surface area (Å²) in [5.41, 5.74) is 4.52. The van der Waals surface area contributed by atoms with Crippen LogP contribution in [0, 0.1) is 5.41 Å². The monoisotopic (exact) mass is 573 g/mol. The molecule has 0 unspecified atom stereocenters. The second-order valence-electron chi connectivity index (χ2n) is 12.2. The topological polar surface area (TPSA) is 142 Å². The molecule has 0 aliphatic heterocycles. The van der Waals surface area contributed by atoms with Crippen LogP contribution in [-0.4, -0.2) is 38.3 Å². The molecule has 41 heavy (non-hydrogen) atoms. The van der Waals surface area contributed by atoms with Crippen LogP contribution >= 0.6 is 0 Å². The number of hydrogen-bond donors (Lipinski definition) is 2. The number of hydrogen-bond acceptors (Lipinski definition) is 7. The molecule has 2 heterocycles. The van der Waals surface area contributed by atoms with E-state index < -0.39 is 34.6 Å². The minimum absolute atomic E-state index is 0.0144. The fourth-order valence-electron chi connectivity index (χ4n) is 3.96. The average Bonchev–Trinajstić information content (AvgIpc) is 3.43. The van der Waals surface area contributed by atoms with Crippen molar-refractivity contribution in [2.75, 3.05) is 5.32 Å². The number of aromatic nitrogens is 3. The second-order valence-corrected chi connectivity index (χ2v) is 12.2. The van der Waals surface area contributed by atoms with E-state index in [4.69, 9.17) is 15.0 Å². The largest absolute Gasteiger partial charge is 0.444 e. The average molecular weight is 574 g/mol. The highest BCUT2D eigenvalue weighted by molar-refractivity contribution is 6.06. The summed E-state index contributed by atoms with van der Waals surface area (Å²) in [4.78, 5) is 37.6. The first-order chi connectivity index (χ1) is 18.8. The van der Waals surface area contributed by atoms with Crippen molar-refractivity contribution in [1.82, 2.24) is 14.9 Å². The minimum Gasteiger partial charge on any atom is -0.444 e. The molecule has 2 aromatic heterocycles. The summed E-state index contributed by atoms with van der Waals surface area (Å²) in [6.45, 7) is 13.0. The SMILES string of the molecule is CC(C)n1nc(-c2ccc(CC(=O)Cc3cc(C(F)(F)C(C)(C)C)no3)cc2)c(C(N)=O)c1NC(=O)OC(C)(C)C. The van der Waals surface area contributed by atoms with Crippen molar-refractivity contribution >= 4 is 23.6 Å². The number of carbonyl (C=O) groups excluding carboxylic acids is 3.